The number of ether oxygens (including phenoxy) is 1. The Balaban J connectivity index is 2.13. The summed E-state index contributed by atoms with van der Waals surface area (Å²) in [6.45, 7) is 6.00. The second kappa shape index (κ2) is 6.00. The molecule has 0 spiro atoms. The lowest BCUT2D eigenvalue weighted by molar-refractivity contribution is 0.298. The van der Waals surface area contributed by atoms with Crippen molar-refractivity contribution < 1.29 is 9.13 Å². The highest BCUT2D eigenvalue weighted by atomic mass is 79.9. The number of hydrogen-bond donors (Lipinski definition) is 1. The molecule has 0 atom stereocenters. The summed E-state index contributed by atoms with van der Waals surface area (Å²) >= 11 is 3.21. The zero-order valence-corrected chi connectivity index (χ0v) is 13.9. The molecule has 0 aliphatic heterocycles. The number of H-pyrrole nitrogens is 1. The Morgan fingerprint density at radius 2 is 2.22 bits per heavy atom. The van der Waals surface area contributed by atoms with Crippen LogP contribution >= 0.6 is 15.9 Å². The van der Waals surface area contributed by atoms with E-state index in [1.54, 1.807) is 18.2 Å². The van der Waals surface area contributed by atoms with Crippen molar-refractivity contribution in [1.82, 2.24) is 14.6 Å². The van der Waals surface area contributed by atoms with Crippen LogP contribution in [0.2, 0.25) is 0 Å². The highest BCUT2D eigenvalue weighted by Gasteiger charge is 2.12. The van der Waals surface area contributed by atoms with Gasteiger partial charge in [-0.15, -0.1) is 0 Å². The van der Waals surface area contributed by atoms with Gasteiger partial charge in [-0.1, -0.05) is 22.5 Å². The molecule has 3 rings (SSSR count). The lowest BCUT2D eigenvalue weighted by Gasteiger charge is -2.05. The Hall–Kier alpha value is -2.41. The normalized spacial score (nSPS) is 10.9. The maximum absolute atomic E-state index is 14.1. The Kier molecular flexibility index (Phi) is 4.04. The minimum Gasteiger partial charge on any atom is -0.492 e. The fourth-order valence-electron chi connectivity index (χ4n) is 2.23. The van der Waals surface area contributed by atoms with Crippen LogP contribution in [-0.2, 0) is 4.74 Å². The van der Waals surface area contributed by atoms with Crippen molar-refractivity contribution >= 4 is 27.3 Å². The van der Waals surface area contributed by atoms with Crippen LogP contribution < -0.4 is 5.56 Å². The number of benzene rings is 1. The molecule has 2 heterocycles. The first-order chi connectivity index (χ1) is 11.0. The average molecular weight is 378 g/mol. The van der Waals surface area contributed by atoms with Gasteiger partial charge in [0, 0.05) is 22.2 Å². The summed E-state index contributed by atoms with van der Waals surface area (Å²) in [6.07, 6.45) is 0. The molecule has 7 heteroatoms. The summed E-state index contributed by atoms with van der Waals surface area (Å²) in [5, 5.41) is 2.85. The van der Waals surface area contributed by atoms with E-state index in [4.69, 9.17) is 4.74 Å². The van der Waals surface area contributed by atoms with Crippen molar-refractivity contribution in [3.05, 3.63) is 63.2 Å². The van der Waals surface area contributed by atoms with Gasteiger partial charge in [0.1, 0.15) is 17.3 Å². The van der Waals surface area contributed by atoms with E-state index < -0.39 is 5.82 Å². The fourth-order valence-corrected chi connectivity index (χ4v) is 2.56. The molecule has 1 N–H and O–H groups in total. The standard InChI is InChI=1S/C16H13BrFN3O2/c1-3-23-9(2)13-8-16(22)21-15(19-13)7-14(20-21)11-5-4-10(17)6-12(11)18/h4-8,20H,2-3H2,1H3. The van der Waals surface area contributed by atoms with Gasteiger partial charge in [-0.05, 0) is 25.1 Å². The smallest absolute Gasteiger partial charge is 0.273 e. The highest BCUT2D eigenvalue weighted by Crippen LogP contribution is 2.25. The molecular formula is C16H13BrFN3O2. The first-order valence-corrected chi connectivity index (χ1v) is 7.69. The van der Waals surface area contributed by atoms with Crippen LogP contribution in [0, 0.1) is 5.82 Å². The van der Waals surface area contributed by atoms with Crippen molar-refractivity contribution in [3.63, 3.8) is 0 Å². The molecular weight excluding hydrogens is 365 g/mol. The van der Waals surface area contributed by atoms with Crippen molar-refractivity contribution in [2.75, 3.05) is 6.61 Å². The number of hydrogen-bond acceptors (Lipinski definition) is 3. The first-order valence-electron chi connectivity index (χ1n) is 6.90. The van der Waals surface area contributed by atoms with E-state index in [9.17, 15) is 9.18 Å². The van der Waals surface area contributed by atoms with Crippen molar-refractivity contribution in [2.45, 2.75) is 6.92 Å². The second-order valence-electron chi connectivity index (χ2n) is 4.82. The van der Waals surface area contributed by atoms with E-state index in [1.807, 2.05) is 6.92 Å². The zero-order chi connectivity index (χ0) is 16.6. The van der Waals surface area contributed by atoms with E-state index in [0.29, 0.717) is 39.4 Å². The van der Waals surface area contributed by atoms with Crippen molar-refractivity contribution in [2.24, 2.45) is 0 Å². The molecule has 0 aliphatic carbocycles. The molecule has 0 unspecified atom stereocenters. The van der Waals surface area contributed by atoms with Crippen molar-refractivity contribution in [1.29, 1.82) is 0 Å². The van der Waals surface area contributed by atoms with Crippen LogP contribution in [0.4, 0.5) is 4.39 Å². The monoisotopic (exact) mass is 377 g/mol. The predicted molar refractivity (Wildman–Crippen MR) is 89.6 cm³/mol. The molecule has 0 saturated carbocycles. The summed E-state index contributed by atoms with van der Waals surface area (Å²) in [5.41, 5.74) is 1.21. The minimum absolute atomic E-state index is 0.324. The molecule has 0 saturated heterocycles. The van der Waals surface area contributed by atoms with E-state index in [0.717, 1.165) is 0 Å². The molecule has 0 radical (unpaired) electrons. The number of aromatic amines is 1. The second-order valence-corrected chi connectivity index (χ2v) is 5.74. The van der Waals surface area contributed by atoms with Gasteiger partial charge in [0.15, 0.2) is 5.65 Å². The number of nitrogens with one attached hydrogen (secondary N) is 1. The van der Waals surface area contributed by atoms with E-state index in [-0.39, 0.29) is 5.56 Å². The van der Waals surface area contributed by atoms with Gasteiger partial charge >= 0.3 is 0 Å². The summed E-state index contributed by atoms with van der Waals surface area (Å²) in [7, 11) is 0. The molecule has 5 nitrogen and oxygen atoms in total. The molecule has 0 aliphatic rings. The van der Waals surface area contributed by atoms with Gasteiger partial charge in [0.2, 0.25) is 0 Å². The third kappa shape index (κ3) is 2.92. The lowest BCUT2D eigenvalue weighted by atomic mass is 10.1. The third-order valence-corrected chi connectivity index (χ3v) is 3.77. The SMILES string of the molecule is C=C(OCC)c1cc(=O)n2[nH]c(-c3ccc(Br)cc3F)cc2n1. The Morgan fingerprint density at radius 3 is 2.91 bits per heavy atom. The van der Waals surface area contributed by atoms with E-state index >= 15 is 0 Å². The van der Waals surface area contributed by atoms with E-state index in [1.165, 1.54) is 16.6 Å². The fraction of sp³-hybridized carbons (Fsp3) is 0.125. The molecule has 0 bridgehead atoms. The molecule has 0 amide bonds. The quantitative estimate of drug-likeness (QED) is 0.706. The number of fused-ring (bicyclic) bond motifs is 1. The largest absolute Gasteiger partial charge is 0.492 e. The number of nitrogens with zero attached hydrogens (tertiary/aromatic N) is 2. The van der Waals surface area contributed by atoms with Crippen LogP contribution in [0.1, 0.15) is 12.6 Å². The van der Waals surface area contributed by atoms with E-state index in [2.05, 4.69) is 32.6 Å². The molecule has 23 heavy (non-hydrogen) atoms. The van der Waals surface area contributed by atoms with Crippen molar-refractivity contribution in [3.8, 4) is 11.3 Å². The summed E-state index contributed by atoms with van der Waals surface area (Å²) in [4.78, 5) is 16.5. The van der Waals surface area contributed by atoms with Gasteiger partial charge in [-0.25, -0.2) is 13.9 Å². The molecule has 118 valence electrons. The Bertz CT molecular complexity index is 962. The van der Waals surface area contributed by atoms with Crippen LogP contribution in [0.15, 0.2) is 46.2 Å². The zero-order valence-electron chi connectivity index (χ0n) is 12.3. The third-order valence-electron chi connectivity index (χ3n) is 3.28. The van der Waals surface area contributed by atoms with Gasteiger partial charge < -0.3 is 4.74 Å². The molecule has 1 aromatic carbocycles. The number of halogens is 2. The highest BCUT2D eigenvalue weighted by molar-refractivity contribution is 9.10. The first kappa shape index (κ1) is 15.5. The topological polar surface area (TPSA) is 59.4 Å². The maximum atomic E-state index is 14.1. The van der Waals surface area contributed by atoms with Crippen LogP contribution in [0.5, 0.6) is 0 Å². The Morgan fingerprint density at radius 1 is 1.43 bits per heavy atom. The summed E-state index contributed by atoms with van der Waals surface area (Å²) in [6, 6.07) is 7.64. The molecule has 3 aromatic rings. The minimum atomic E-state index is -0.405. The lowest BCUT2D eigenvalue weighted by Crippen LogP contribution is -2.15. The van der Waals surface area contributed by atoms with Crippen LogP contribution in [-0.4, -0.2) is 21.2 Å². The average Bonchev–Trinajstić information content (AvgIpc) is 2.91. The van der Waals surface area contributed by atoms with Gasteiger partial charge in [0.25, 0.3) is 5.56 Å². The molecule has 0 fully saturated rings. The molecule has 2 aromatic heterocycles. The van der Waals surface area contributed by atoms with Gasteiger partial charge in [-0.3, -0.25) is 9.89 Å². The van der Waals surface area contributed by atoms with Gasteiger partial charge in [0.05, 0.1) is 12.3 Å². The predicted octanol–water partition coefficient (Wildman–Crippen LogP) is 3.60. The summed E-state index contributed by atoms with van der Waals surface area (Å²) in [5.74, 6) is -0.0809. The maximum Gasteiger partial charge on any atom is 0.273 e. The van der Waals surface area contributed by atoms with Crippen LogP contribution in [0.25, 0.3) is 22.7 Å². The van der Waals surface area contributed by atoms with Gasteiger partial charge in [-0.2, -0.15) is 0 Å². The Labute approximate surface area is 139 Å². The summed E-state index contributed by atoms with van der Waals surface area (Å²) < 4.78 is 21.2. The number of aromatic nitrogens is 3. The number of rotatable bonds is 4. The van der Waals surface area contributed by atoms with Crippen LogP contribution in [0.3, 0.4) is 0 Å².